The Morgan fingerprint density at radius 3 is 2.82 bits per heavy atom. The Kier molecular flexibility index (Phi) is 4.06. The minimum atomic E-state index is -0.430. The van der Waals surface area contributed by atoms with Crippen molar-refractivity contribution in [1.29, 1.82) is 0 Å². The third-order valence-electron chi connectivity index (χ3n) is 3.20. The first-order chi connectivity index (χ1) is 10.7. The van der Waals surface area contributed by atoms with Gasteiger partial charge in [0.1, 0.15) is 0 Å². The summed E-state index contributed by atoms with van der Waals surface area (Å²) in [7, 11) is 1.34. The van der Waals surface area contributed by atoms with Gasteiger partial charge in [-0.1, -0.05) is 42.1 Å². The van der Waals surface area contributed by atoms with Crippen molar-refractivity contribution in [3.05, 3.63) is 53.3 Å². The van der Waals surface area contributed by atoms with E-state index in [-0.39, 0.29) is 0 Å². The molecule has 0 aliphatic heterocycles. The van der Waals surface area contributed by atoms with Gasteiger partial charge in [0.25, 0.3) is 5.78 Å². The lowest BCUT2D eigenvalue weighted by Crippen LogP contribution is -2.09. The van der Waals surface area contributed by atoms with Gasteiger partial charge in [0.15, 0.2) is 0 Å². The predicted octanol–water partition coefficient (Wildman–Crippen LogP) is 2.51. The van der Waals surface area contributed by atoms with E-state index in [1.807, 2.05) is 18.2 Å². The lowest BCUT2D eigenvalue weighted by atomic mass is 10.2. The number of fused-ring (bicyclic) bond motifs is 1. The number of methoxy groups -OCH3 is 1. The second-order valence-electron chi connectivity index (χ2n) is 4.63. The number of carbonyl (C=O) groups excluding carboxylic acids is 1. The van der Waals surface area contributed by atoms with Crippen LogP contribution in [0.25, 0.3) is 5.78 Å². The highest BCUT2D eigenvalue weighted by atomic mass is 32.2. The number of hydrogen-bond acceptors (Lipinski definition) is 6. The van der Waals surface area contributed by atoms with Gasteiger partial charge in [-0.2, -0.15) is 9.50 Å². The molecule has 0 amide bonds. The first kappa shape index (κ1) is 14.5. The third-order valence-corrected chi connectivity index (χ3v) is 4.11. The van der Waals surface area contributed by atoms with Crippen LogP contribution in [0.15, 0.2) is 41.7 Å². The molecule has 3 rings (SSSR count). The number of rotatable bonds is 4. The molecule has 6 nitrogen and oxygen atoms in total. The van der Waals surface area contributed by atoms with E-state index in [1.54, 1.807) is 11.4 Å². The van der Waals surface area contributed by atoms with Crippen LogP contribution in [0.3, 0.4) is 0 Å². The van der Waals surface area contributed by atoms with Crippen LogP contribution in [0, 0.1) is 6.92 Å². The van der Waals surface area contributed by atoms with Gasteiger partial charge in [0.05, 0.1) is 18.4 Å². The summed E-state index contributed by atoms with van der Waals surface area (Å²) in [6.45, 7) is 1.79. The number of benzene rings is 1. The Morgan fingerprint density at radius 2 is 2.09 bits per heavy atom. The van der Waals surface area contributed by atoms with Gasteiger partial charge < -0.3 is 4.74 Å². The molecule has 0 bridgehead atoms. The van der Waals surface area contributed by atoms with E-state index in [0.29, 0.717) is 22.2 Å². The van der Waals surface area contributed by atoms with Crippen LogP contribution >= 0.6 is 11.8 Å². The van der Waals surface area contributed by atoms with E-state index in [1.165, 1.54) is 30.6 Å². The largest absolute Gasteiger partial charge is 0.465 e. The third kappa shape index (κ3) is 2.80. The molecule has 1 aromatic carbocycles. The fraction of sp³-hybridized carbons (Fsp3) is 0.200. The van der Waals surface area contributed by atoms with Crippen molar-refractivity contribution in [2.24, 2.45) is 0 Å². The highest BCUT2D eigenvalue weighted by Gasteiger charge is 2.15. The topological polar surface area (TPSA) is 69.4 Å². The number of aromatic nitrogens is 4. The van der Waals surface area contributed by atoms with Crippen molar-refractivity contribution in [2.75, 3.05) is 7.11 Å². The molecule has 22 heavy (non-hydrogen) atoms. The maximum Gasteiger partial charge on any atom is 0.341 e. The summed E-state index contributed by atoms with van der Waals surface area (Å²) >= 11 is 1.53. The zero-order valence-electron chi connectivity index (χ0n) is 12.2. The Labute approximate surface area is 131 Å². The van der Waals surface area contributed by atoms with Crippen molar-refractivity contribution in [3.8, 4) is 0 Å². The average Bonchev–Trinajstić information content (AvgIpc) is 2.98. The van der Waals surface area contributed by atoms with E-state index in [4.69, 9.17) is 4.74 Å². The van der Waals surface area contributed by atoms with Gasteiger partial charge in [-0.3, -0.25) is 0 Å². The van der Waals surface area contributed by atoms with Crippen LogP contribution in [0.2, 0.25) is 0 Å². The van der Waals surface area contributed by atoms with Crippen LogP contribution in [0.1, 0.15) is 21.6 Å². The minimum Gasteiger partial charge on any atom is -0.465 e. The zero-order valence-corrected chi connectivity index (χ0v) is 13.0. The molecule has 0 aliphatic rings. The smallest absolute Gasteiger partial charge is 0.341 e. The number of nitrogens with zero attached hydrogens (tertiary/aromatic N) is 4. The van der Waals surface area contributed by atoms with Crippen molar-refractivity contribution in [3.63, 3.8) is 0 Å². The predicted molar refractivity (Wildman–Crippen MR) is 82.9 cm³/mol. The molecule has 0 N–H and O–H groups in total. The fourth-order valence-electron chi connectivity index (χ4n) is 2.02. The first-order valence-corrected chi connectivity index (χ1v) is 7.65. The summed E-state index contributed by atoms with van der Waals surface area (Å²) in [5.74, 6) is 0.822. The molecule has 0 saturated heterocycles. The van der Waals surface area contributed by atoms with Crippen molar-refractivity contribution in [2.45, 2.75) is 17.8 Å². The van der Waals surface area contributed by atoms with E-state index in [2.05, 4.69) is 27.2 Å². The van der Waals surface area contributed by atoms with Crippen LogP contribution in [0.4, 0.5) is 0 Å². The second-order valence-corrected chi connectivity index (χ2v) is 5.57. The molecule has 0 unspecified atom stereocenters. The molecular weight excluding hydrogens is 300 g/mol. The van der Waals surface area contributed by atoms with E-state index in [0.717, 1.165) is 5.75 Å². The van der Waals surface area contributed by atoms with Crippen molar-refractivity contribution in [1.82, 2.24) is 19.6 Å². The maximum atomic E-state index is 11.7. The van der Waals surface area contributed by atoms with Crippen LogP contribution in [-0.4, -0.2) is 32.7 Å². The van der Waals surface area contributed by atoms with Gasteiger partial charge in [-0.15, -0.1) is 5.10 Å². The summed E-state index contributed by atoms with van der Waals surface area (Å²) in [5.41, 5.74) is 2.25. The first-order valence-electron chi connectivity index (χ1n) is 6.66. The highest BCUT2D eigenvalue weighted by molar-refractivity contribution is 7.98. The van der Waals surface area contributed by atoms with Crippen LogP contribution in [0.5, 0.6) is 0 Å². The number of esters is 1. The molecule has 0 atom stereocenters. The highest BCUT2D eigenvalue weighted by Crippen LogP contribution is 2.20. The van der Waals surface area contributed by atoms with Crippen molar-refractivity contribution >= 4 is 23.5 Å². The number of ether oxygens (including phenoxy) is 1. The lowest BCUT2D eigenvalue weighted by molar-refractivity contribution is 0.0598. The van der Waals surface area contributed by atoms with Crippen LogP contribution in [-0.2, 0) is 10.5 Å². The molecule has 3 aromatic rings. The summed E-state index contributed by atoms with van der Waals surface area (Å²) in [5, 5.41) is 5.03. The monoisotopic (exact) mass is 314 g/mol. The molecule has 112 valence electrons. The maximum absolute atomic E-state index is 11.7. The lowest BCUT2D eigenvalue weighted by Gasteiger charge is -2.03. The van der Waals surface area contributed by atoms with Gasteiger partial charge in [-0.05, 0) is 12.5 Å². The van der Waals surface area contributed by atoms with Gasteiger partial charge in [0, 0.05) is 11.9 Å². The minimum absolute atomic E-state index is 0.388. The SMILES string of the molecule is COC(=O)c1cnc2nc(SCc3ccccc3)nn2c1C. The second kappa shape index (κ2) is 6.15. The average molecular weight is 314 g/mol. The molecular formula is C15H14N4O2S. The zero-order chi connectivity index (χ0) is 15.5. The Balaban J connectivity index is 1.87. The quantitative estimate of drug-likeness (QED) is 0.544. The molecule has 0 radical (unpaired) electrons. The molecule has 7 heteroatoms. The molecule has 0 spiro atoms. The molecule has 0 aliphatic carbocycles. The number of aryl methyl sites for hydroxylation is 1. The van der Waals surface area contributed by atoms with Crippen molar-refractivity contribution < 1.29 is 9.53 Å². The molecule has 2 aromatic heterocycles. The summed E-state index contributed by atoms with van der Waals surface area (Å²) in [6, 6.07) is 10.1. The fourth-order valence-corrected chi connectivity index (χ4v) is 2.79. The van der Waals surface area contributed by atoms with E-state index >= 15 is 0 Å². The molecule has 0 saturated carbocycles. The van der Waals surface area contributed by atoms with Gasteiger partial charge in [-0.25, -0.2) is 9.78 Å². The summed E-state index contributed by atoms with van der Waals surface area (Å²) < 4.78 is 6.30. The van der Waals surface area contributed by atoms with Gasteiger partial charge in [0.2, 0.25) is 5.16 Å². The van der Waals surface area contributed by atoms with Gasteiger partial charge >= 0.3 is 5.97 Å². The number of thioether (sulfide) groups is 1. The molecule has 0 fully saturated rings. The van der Waals surface area contributed by atoms with E-state index < -0.39 is 5.97 Å². The normalized spacial score (nSPS) is 10.8. The van der Waals surface area contributed by atoms with E-state index in [9.17, 15) is 4.79 Å². The summed E-state index contributed by atoms with van der Waals surface area (Å²) in [6.07, 6.45) is 1.47. The van der Waals surface area contributed by atoms with Crippen LogP contribution < -0.4 is 0 Å². The number of hydrogen-bond donors (Lipinski definition) is 0. The molecule has 2 heterocycles. The summed E-state index contributed by atoms with van der Waals surface area (Å²) in [4.78, 5) is 20.2. The Hall–Kier alpha value is -2.41. The Morgan fingerprint density at radius 1 is 1.32 bits per heavy atom. The number of carbonyl (C=O) groups is 1. The Bertz CT molecular complexity index is 817. The standard InChI is InChI=1S/C15H14N4O2S/c1-10-12(13(20)21-2)8-16-14-17-15(18-19(10)14)22-9-11-6-4-3-5-7-11/h3-8H,9H2,1-2H3.